The number of hydrogen-bond donors (Lipinski definition) is 0. The maximum atomic E-state index is 13.5. The molecule has 2 atom stereocenters. The molecular weight excluding hydrogens is 250 g/mol. The van der Waals surface area contributed by atoms with Crippen molar-refractivity contribution in [1.82, 2.24) is 0 Å². The van der Waals surface area contributed by atoms with Gasteiger partial charge < -0.3 is 4.74 Å². The highest BCUT2D eigenvalue weighted by molar-refractivity contribution is 5.99. The van der Waals surface area contributed by atoms with Crippen LogP contribution in [-0.4, -0.2) is 18.5 Å². The van der Waals surface area contributed by atoms with Crippen LogP contribution in [0.15, 0.2) is 18.2 Å². The predicted octanol–water partition coefficient (Wildman–Crippen LogP) is 3.99. The minimum atomic E-state index is -0.845. The van der Waals surface area contributed by atoms with Gasteiger partial charge in [-0.1, -0.05) is 20.3 Å². The number of carbonyl (C=O) groups is 1. The third-order valence-corrected chi connectivity index (χ3v) is 2.98. The Kier molecular flexibility index (Phi) is 6.09. The number of benzene rings is 1. The van der Waals surface area contributed by atoms with Gasteiger partial charge in [-0.15, -0.1) is 0 Å². The average Bonchev–Trinajstić information content (AvgIpc) is 2.35. The summed E-state index contributed by atoms with van der Waals surface area (Å²) in [7, 11) is 0. The second kappa shape index (κ2) is 7.34. The maximum absolute atomic E-state index is 13.5. The summed E-state index contributed by atoms with van der Waals surface area (Å²) in [5, 5.41) is 0. The van der Waals surface area contributed by atoms with Crippen LogP contribution in [0, 0.1) is 17.6 Å². The molecular formula is C15H20F2O2. The van der Waals surface area contributed by atoms with E-state index >= 15 is 0 Å². The van der Waals surface area contributed by atoms with E-state index < -0.39 is 23.5 Å². The molecule has 0 fully saturated rings. The fourth-order valence-corrected chi connectivity index (χ4v) is 1.87. The molecule has 0 spiro atoms. The van der Waals surface area contributed by atoms with Crippen molar-refractivity contribution in [3.8, 4) is 0 Å². The number of carbonyl (C=O) groups excluding carboxylic acids is 1. The summed E-state index contributed by atoms with van der Waals surface area (Å²) >= 11 is 0. The van der Waals surface area contributed by atoms with E-state index in [1.54, 1.807) is 6.92 Å². The molecule has 1 rings (SSSR count). The molecule has 106 valence electrons. The lowest BCUT2D eigenvalue weighted by Crippen LogP contribution is -2.24. The van der Waals surface area contributed by atoms with Crippen LogP contribution in [0.2, 0.25) is 0 Å². The van der Waals surface area contributed by atoms with Crippen molar-refractivity contribution in [2.75, 3.05) is 6.61 Å². The molecule has 0 radical (unpaired) electrons. The largest absolute Gasteiger partial charge is 0.370 e. The molecule has 2 unspecified atom stereocenters. The van der Waals surface area contributed by atoms with Gasteiger partial charge in [0.15, 0.2) is 5.78 Å². The fourth-order valence-electron chi connectivity index (χ4n) is 1.87. The lowest BCUT2D eigenvalue weighted by Gasteiger charge is -2.16. The van der Waals surface area contributed by atoms with Crippen LogP contribution in [-0.2, 0) is 4.74 Å². The first-order valence-electron chi connectivity index (χ1n) is 6.56. The van der Waals surface area contributed by atoms with Gasteiger partial charge >= 0.3 is 0 Å². The lowest BCUT2D eigenvalue weighted by molar-refractivity contribution is 0.0350. The molecule has 4 heteroatoms. The van der Waals surface area contributed by atoms with Crippen LogP contribution in [0.4, 0.5) is 8.78 Å². The topological polar surface area (TPSA) is 26.3 Å². The molecule has 1 aromatic carbocycles. The molecule has 0 saturated carbocycles. The highest BCUT2D eigenvalue weighted by Crippen LogP contribution is 2.14. The van der Waals surface area contributed by atoms with Gasteiger partial charge in [-0.2, -0.15) is 0 Å². The first-order chi connectivity index (χ1) is 8.95. The van der Waals surface area contributed by atoms with E-state index in [1.165, 1.54) is 0 Å². The number of ketones is 1. The van der Waals surface area contributed by atoms with Crippen LogP contribution < -0.4 is 0 Å². The van der Waals surface area contributed by atoms with Crippen molar-refractivity contribution in [3.63, 3.8) is 0 Å². The standard InChI is InChI=1S/C15H20F2O2/c1-4-5-10(2)9-19-11(3)15(18)13-7-6-12(16)8-14(13)17/h6-8,10-11H,4-5,9H2,1-3H3. The van der Waals surface area contributed by atoms with Crippen molar-refractivity contribution in [2.24, 2.45) is 5.92 Å². The van der Waals surface area contributed by atoms with Gasteiger partial charge in [0.2, 0.25) is 0 Å². The molecule has 1 aromatic rings. The normalized spacial score (nSPS) is 14.2. The number of ether oxygens (including phenoxy) is 1. The first kappa shape index (κ1) is 15.8. The van der Waals surface area contributed by atoms with Gasteiger partial charge in [0.1, 0.15) is 17.7 Å². The number of hydrogen-bond acceptors (Lipinski definition) is 2. The van der Waals surface area contributed by atoms with Crippen molar-refractivity contribution in [3.05, 3.63) is 35.4 Å². The summed E-state index contributed by atoms with van der Waals surface area (Å²) < 4.78 is 31.7. The van der Waals surface area contributed by atoms with E-state index in [-0.39, 0.29) is 5.56 Å². The van der Waals surface area contributed by atoms with Crippen molar-refractivity contribution in [2.45, 2.75) is 39.7 Å². The van der Waals surface area contributed by atoms with E-state index in [0.29, 0.717) is 18.6 Å². The van der Waals surface area contributed by atoms with E-state index in [9.17, 15) is 13.6 Å². The molecule has 0 aliphatic carbocycles. The molecule has 0 saturated heterocycles. The summed E-state index contributed by atoms with van der Waals surface area (Å²) in [4.78, 5) is 12.0. The van der Waals surface area contributed by atoms with Crippen LogP contribution in [0.5, 0.6) is 0 Å². The zero-order chi connectivity index (χ0) is 14.4. The van der Waals surface area contributed by atoms with Gasteiger partial charge in [0, 0.05) is 6.07 Å². The number of halogens is 2. The van der Waals surface area contributed by atoms with Gasteiger partial charge in [-0.3, -0.25) is 4.79 Å². The Hall–Kier alpha value is -1.29. The Morgan fingerprint density at radius 2 is 2.00 bits per heavy atom. The van der Waals surface area contributed by atoms with Crippen molar-refractivity contribution >= 4 is 5.78 Å². The average molecular weight is 270 g/mol. The van der Waals surface area contributed by atoms with E-state index in [1.807, 2.05) is 6.92 Å². The van der Waals surface area contributed by atoms with E-state index in [2.05, 4.69) is 6.92 Å². The summed E-state index contributed by atoms with van der Waals surface area (Å²) in [6.45, 7) is 6.17. The Labute approximate surface area is 112 Å². The van der Waals surface area contributed by atoms with Gasteiger partial charge in [0.25, 0.3) is 0 Å². The second-order valence-electron chi connectivity index (χ2n) is 4.86. The summed E-state index contributed by atoms with van der Waals surface area (Å²) in [5.41, 5.74) is -0.128. The van der Waals surface area contributed by atoms with E-state index in [0.717, 1.165) is 25.0 Å². The zero-order valence-corrected chi connectivity index (χ0v) is 11.6. The minimum absolute atomic E-state index is 0.128. The van der Waals surface area contributed by atoms with Gasteiger partial charge in [-0.25, -0.2) is 8.78 Å². The van der Waals surface area contributed by atoms with E-state index in [4.69, 9.17) is 4.74 Å². The highest BCUT2D eigenvalue weighted by atomic mass is 19.1. The SMILES string of the molecule is CCCC(C)COC(C)C(=O)c1ccc(F)cc1F. The fraction of sp³-hybridized carbons (Fsp3) is 0.533. The first-order valence-corrected chi connectivity index (χ1v) is 6.56. The summed E-state index contributed by atoms with van der Waals surface area (Å²) in [5.74, 6) is -1.64. The molecule has 2 nitrogen and oxygen atoms in total. The summed E-state index contributed by atoms with van der Waals surface area (Å²) in [6, 6.07) is 2.94. The van der Waals surface area contributed by atoms with Crippen LogP contribution >= 0.6 is 0 Å². The Morgan fingerprint density at radius 1 is 1.32 bits per heavy atom. The summed E-state index contributed by atoms with van der Waals surface area (Å²) in [6.07, 6.45) is 1.35. The third-order valence-electron chi connectivity index (χ3n) is 2.98. The second-order valence-corrected chi connectivity index (χ2v) is 4.86. The van der Waals surface area contributed by atoms with Crippen molar-refractivity contribution < 1.29 is 18.3 Å². The third kappa shape index (κ3) is 4.71. The molecule has 0 N–H and O–H groups in total. The molecule has 0 aliphatic heterocycles. The Morgan fingerprint density at radius 3 is 2.58 bits per heavy atom. The molecule has 0 aliphatic rings. The Balaban J connectivity index is 2.61. The Bertz CT molecular complexity index is 432. The number of Topliss-reactive ketones (excluding diaryl/α,β-unsaturated/α-hetero) is 1. The van der Waals surface area contributed by atoms with Crippen LogP contribution in [0.25, 0.3) is 0 Å². The quantitative estimate of drug-likeness (QED) is 0.700. The molecule has 0 amide bonds. The minimum Gasteiger partial charge on any atom is -0.370 e. The molecule has 0 bridgehead atoms. The monoisotopic (exact) mass is 270 g/mol. The van der Waals surface area contributed by atoms with Crippen LogP contribution in [0.1, 0.15) is 44.0 Å². The smallest absolute Gasteiger partial charge is 0.194 e. The predicted molar refractivity (Wildman–Crippen MR) is 70.2 cm³/mol. The number of rotatable bonds is 7. The maximum Gasteiger partial charge on any atom is 0.194 e. The lowest BCUT2D eigenvalue weighted by atomic mass is 10.1. The molecule has 0 heterocycles. The van der Waals surface area contributed by atoms with Crippen molar-refractivity contribution in [1.29, 1.82) is 0 Å². The molecule has 19 heavy (non-hydrogen) atoms. The zero-order valence-electron chi connectivity index (χ0n) is 11.6. The highest BCUT2D eigenvalue weighted by Gasteiger charge is 2.20. The van der Waals surface area contributed by atoms with Crippen LogP contribution in [0.3, 0.4) is 0 Å². The van der Waals surface area contributed by atoms with Gasteiger partial charge in [-0.05, 0) is 31.4 Å². The van der Waals surface area contributed by atoms with Gasteiger partial charge in [0.05, 0.1) is 12.2 Å². The molecule has 0 aromatic heterocycles.